The second-order valence-corrected chi connectivity index (χ2v) is 19.3. The molecule has 0 N–H and O–H groups in total. The lowest BCUT2D eigenvalue weighted by Gasteiger charge is -2.39. The molecule has 0 saturated heterocycles. The molecule has 1 unspecified atom stereocenters. The van der Waals surface area contributed by atoms with Crippen molar-refractivity contribution in [3.05, 3.63) is 229 Å². The van der Waals surface area contributed by atoms with E-state index in [1.54, 1.807) is 0 Å². The second-order valence-electron chi connectivity index (χ2n) is 16.6. The highest BCUT2D eigenvalue weighted by molar-refractivity contribution is 7.86. The van der Waals surface area contributed by atoms with Crippen LogP contribution in [0.4, 0.5) is 0 Å². The Bertz CT molecular complexity index is 3760. The maximum absolute atomic E-state index is 16.2. The van der Waals surface area contributed by atoms with E-state index in [0.29, 0.717) is 0 Å². The molecule has 0 bridgehead atoms. The van der Waals surface area contributed by atoms with Crippen LogP contribution in [-0.4, -0.2) is 4.57 Å². The van der Waals surface area contributed by atoms with Crippen LogP contribution in [0.1, 0.15) is 22.3 Å². The van der Waals surface area contributed by atoms with Crippen LogP contribution in [-0.2, 0) is 9.98 Å². The van der Waals surface area contributed by atoms with Gasteiger partial charge in [0.25, 0.3) is 0 Å². The molecule has 278 valence electrons. The normalized spacial score (nSPS) is 17.9. The van der Waals surface area contributed by atoms with Crippen molar-refractivity contribution in [2.45, 2.75) is 5.41 Å². The number of nitrogens with zero attached hydrogens (tertiary/aromatic N) is 1. The number of para-hydroxylation sites is 3. The number of hydrogen-bond acceptors (Lipinski definition) is 1. The summed E-state index contributed by atoms with van der Waals surface area (Å²) in [4.78, 5) is 0. The van der Waals surface area contributed by atoms with Gasteiger partial charge < -0.3 is 9.13 Å². The highest BCUT2D eigenvalue weighted by Gasteiger charge is 2.53. The lowest BCUT2D eigenvalue weighted by molar-refractivity contribution is 0.593. The van der Waals surface area contributed by atoms with Crippen LogP contribution in [0, 0.1) is 0 Å². The SMILES string of the molecule is O=[P@@]1(c2ccccc2)c2ccccc2-c2cc3c(cc21)-c1c(-c2cccc4c2ccc2ccccc24)cccc1C31c2ccccc2-n2c3ccccc3c3cccc1c32. The van der Waals surface area contributed by atoms with Crippen LogP contribution in [0.25, 0.3) is 82.4 Å². The lowest BCUT2D eigenvalue weighted by atomic mass is 9.65. The molecule has 0 fully saturated rings. The first-order chi connectivity index (χ1) is 29.7. The van der Waals surface area contributed by atoms with Gasteiger partial charge in [-0.1, -0.05) is 182 Å². The fraction of sp³-hybridized carbons (Fsp3) is 0.0175. The Morgan fingerprint density at radius 3 is 1.98 bits per heavy atom. The molecule has 2 aliphatic heterocycles. The number of hydrogen-bond donors (Lipinski definition) is 0. The van der Waals surface area contributed by atoms with E-state index in [0.717, 1.165) is 32.6 Å². The van der Waals surface area contributed by atoms with Gasteiger partial charge in [-0.2, -0.15) is 0 Å². The summed E-state index contributed by atoms with van der Waals surface area (Å²) in [6.07, 6.45) is 0. The number of rotatable bonds is 2. The van der Waals surface area contributed by atoms with Gasteiger partial charge in [0.2, 0.25) is 0 Å². The molecule has 1 aliphatic carbocycles. The summed E-state index contributed by atoms with van der Waals surface area (Å²) >= 11 is 0. The molecular formula is C57H34NOP. The summed E-state index contributed by atoms with van der Waals surface area (Å²) in [7, 11) is -3.24. The monoisotopic (exact) mass is 779 g/mol. The molecule has 10 aromatic carbocycles. The Morgan fingerprint density at radius 1 is 0.383 bits per heavy atom. The standard InChI is InChI=1S/C57H34NOP/c59-60(36-16-2-1-3-17-36)53-30-11-7-20-42(53)45-33-50-46(34-54(45)60)55-43(39-22-12-21-38-37-18-5-4-15-35(37)31-32-40(38)39)23-13-26-48(55)57(50)47-25-8-10-29-52(47)58-51-28-9-6-19-41(51)44-24-14-27-49(57)56(44)58/h1-34H/t57?,60-/m0/s1. The van der Waals surface area contributed by atoms with Crippen molar-refractivity contribution in [2.75, 3.05) is 0 Å². The summed E-state index contributed by atoms with van der Waals surface area (Å²) in [5, 5.41) is 10.2. The van der Waals surface area contributed by atoms with E-state index in [4.69, 9.17) is 0 Å². The van der Waals surface area contributed by atoms with Crippen LogP contribution < -0.4 is 15.9 Å². The fourth-order valence-electron chi connectivity index (χ4n) is 11.7. The third kappa shape index (κ3) is 3.80. The maximum atomic E-state index is 16.2. The quantitative estimate of drug-likeness (QED) is 0.127. The third-order valence-electron chi connectivity index (χ3n) is 14.0. The second kappa shape index (κ2) is 11.5. The van der Waals surface area contributed by atoms with Crippen LogP contribution in [0.15, 0.2) is 206 Å². The maximum Gasteiger partial charge on any atom is 0.172 e. The first-order valence-electron chi connectivity index (χ1n) is 20.8. The summed E-state index contributed by atoms with van der Waals surface area (Å²) in [5.41, 5.74) is 14.9. The molecule has 3 heterocycles. The zero-order chi connectivity index (χ0) is 39.3. The zero-order valence-electron chi connectivity index (χ0n) is 32.4. The van der Waals surface area contributed by atoms with Gasteiger partial charge in [-0.25, -0.2) is 0 Å². The van der Waals surface area contributed by atoms with Gasteiger partial charge in [0.05, 0.1) is 22.1 Å². The fourth-order valence-corrected chi connectivity index (χ4v) is 14.8. The Morgan fingerprint density at radius 2 is 1.05 bits per heavy atom. The van der Waals surface area contributed by atoms with Crippen molar-refractivity contribution in [1.29, 1.82) is 0 Å². The summed E-state index contributed by atoms with van der Waals surface area (Å²) < 4.78 is 18.7. The van der Waals surface area contributed by atoms with Gasteiger partial charge in [0, 0.05) is 26.7 Å². The lowest BCUT2D eigenvalue weighted by Crippen LogP contribution is -2.33. The zero-order valence-corrected chi connectivity index (χ0v) is 33.3. The summed E-state index contributed by atoms with van der Waals surface area (Å²) in [6.45, 7) is 0. The van der Waals surface area contributed by atoms with Crippen molar-refractivity contribution >= 4 is 66.4 Å². The Balaban J connectivity index is 1.18. The van der Waals surface area contributed by atoms with E-state index in [1.807, 2.05) is 24.3 Å². The summed E-state index contributed by atoms with van der Waals surface area (Å²) in [6, 6.07) is 75.2. The molecule has 0 radical (unpaired) electrons. The van der Waals surface area contributed by atoms with E-state index in [-0.39, 0.29) is 0 Å². The van der Waals surface area contributed by atoms with Gasteiger partial charge in [0.1, 0.15) is 0 Å². The minimum atomic E-state index is -3.24. The third-order valence-corrected chi connectivity index (χ3v) is 17.1. The number of fused-ring (bicyclic) bond motifs is 18. The van der Waals surface area contributed by atoms with Crippen LogP contribution >= 0.6 is 7.14 Å². The van der Waals surface area contributed by atoms with E-state index < -0.39 is 12.6 Å². The molecule has 2 atom stereocenters. The Hall–Kier alpha value is -7.25. The predicted molar refractivity (Wildman–Crippen MR) is 250 cm³/mol. The molecule has 0 saturated carbocycles. The van der Waals surface area contributed by atoms with E-state index in [1.165, 1.54) is 88.0 Å². The van der Waals surface area contributed by atoms with E-state index in [2.05, 4.69) is 187 Å². The van der Waals surface area contributed by atoms with E-state index >= 15 is 4.57 Å². The van der Waals surface area contributed by atoms with Gasteiger partial charge in [0.15, 0.2) is 7.14 Å². The Labute approximate surface area is 347 Å². The van der Waals surface area contributed by atoms with Crippen LogP contribution in [0.2, 0.25) is 0 Å². The van der Waals surface area contributed by atoms with Gasteiger partial charge in [-0.3, -0.25) is 0 Å². The van der Waals surface area contributed by atoms with Gasteiger partial charge >= 0.3 is 0 Å². The van der Waals surface area contributed by atoms with Gasteiger partial charge in [-0.15, -0.1) is 0 Å². The van der Waals surface area contributed by atoms with Crippen molar-refractivity contribution in [3.63, 3.8) is 0 Å². The molecule has 1 aromatic heterocycles. The Kier molecular flexibility index (Phi) is 6.25. The highest BCUT2D eigenvalue weighted by atomic mass is 31.2. The van der Waals surface area contributed by atoms with Crippen molar-refractivity contribution in [1.82, 2.24) is 4.57 Å². The molecule has 14 rings (SSSR count). The molecule has 3 aliphatic rings. The van der Waals surface area contributed by atoms with Crippen molar-refractivity contribution < 1.29 is 4.57 Å². The average molecular weight is 780 g/mol. The first-order valence-corrected chi connectivity index (χ1v) is 22.5. The minimum Gasteiger partial charge on any atom is -0.309 e. The molecule has 3 heteroatoms. The average Bonchev–Trinajstić information content (AvgIpc) is 3.90. The number of benzene rings is 10. The molecule has 2 nitrogen and oxygen atoms in total. The molecule has 60 heavy (non-hydrogen) atoms. The predicted octanol–water partition coefficient (Wildman–Crippen LogP) is 13.1. The molecular weight excluding hydrogens is 746 g/mol. The van der Waals surface area contributed by atoms with Crippen LogP contribution in [0.3, 0.4) is 0 Å². The molecule has 0 amide bonds. The van der Waals surface area contributed by atoms with Crippen molar-refractivity contribution in [3.8, 4) is 39.1 Å². The largest absolute Gasteiger partial charge is 0.309 e. The first kappa shape index (κ1) is 32.7. The van der Waals surface area contributed by atoms with Crippen LogP contribution in [0.5, 0.6) is 0 Å². The minimum absolute atomic E-state index is 0.665. The van der Waals surface area contributed by atoms with E-state index in [9.17, 15) is 0 Å². The van der Waals surface area contributed by atoms with Gasteiger partial charge in [-0.05, 0) is 101 Å². The molecule has 1 spiro atoms. The summed E-state index contributed by atoms with van der Waals surface area (Å²) in [5.74, 6) is 0. The smallest absolute Gasteiger partial charge is 0.172 e. The molecule has 11 aromatic rings. The topological polar surface area (TPSA) is 22.0 Å². The number of aromatic nitrogens is 1. The highest BCUT2D eigenvalue weighted by Crippen LogP contribution is 2.64. The van der Waals surface area contributed by atoms with Crippen molar-refractivity contribution in [2.24, 2.45) is 0 Å².